The Hall–Kier alpha value is -1.66. The van der Waals surface area contributed by atoms with Gasteiger partial charge in [0.25, 0.3) is 0 Å². The number of nitrogens with zero attached hydrogens (tertiary/aromatic N) is 1. The minimum atomic E-state index is -1.99. The molecule has 21 heavy (non-hydrogen) atoms. The molecule has 3 N–H and O–H groups in total. The summed E-state index contributed by atoms with van der Waals surface area (Å²) in [6.07, 6.45) is 4.50. The molecule has 0 radical (unpaired) electrons. The van der Waals surface area contributed by atoms with Crippen LogP contribution in [0.5, 0.6) is 0 Å². The van der Waals surface area contributed by atoms with E-state index in [1.165, 1.54) is 6.08 Å². The lowest BCUT2D eigenvalue weighted by Crippen LogP contribution is -2.54. The number of carboxylic acid groups (broad SMARTS) is 1. The molecule has 0 bridgehead atoms. The van der Waals surface area contributed by atoms with Gasteiger partial charge in [0.05, 0.1) is 39.7 Å². The number of ketones is 1. The lowest BCUT2D eigenvalue weighted by atomic mass is 9.90. The maximum Gasteiger partial charge on any atom is 0.306 e. The Kier molecular flexibility index (Phi) is 7.32. The second kappa shape index (κ2) is 7.95. The topological polar surface area (TPSA) is 94.8 Å². The van der Waals surface area contributed by atoms with Crippen LogP contribution in [0.4, 0.5) is 0 Å². The highest BCUT2D eigenvalue weighted by Gasteiger charge is 2.43. The van der Waals surface area contributed by atoms with Gasteiger partial charge in [-0.2, -0.15) is 0 Å². The minimum absolute atomic E-state index is 0.0414. The quantitative estimate of drug-likeness (QED) is 0.338. The van der Waals surface area contributed by atoms with Gasteiger partial charge in [0, 0.05) is 0 Å². The smallest absolute Gasteiger partial charge is 0.306 e. The first-order valence-electron chi connectivity index (χ1n) is 6.77. The minimum Gasteiger partial charge on any atom is -0.512 e. The fraction of sp³-hybridized carbons (Fsp3) is 0.600. The van der Waals surface area contributed by atoms with E-state index in [-0.39, 0.29) is 23.2 Å². The van der Waals surface area contributed by atoms with Gasteiger partial charge in [-0.1, -0.05) is 12.2 Å². The molecule has 0 heterocycles. The Morgan fingerprint density at radius 1 is 1.19 bits per heavy atom. The summed E-state index contributed by atoms with van der Waals surface area (Å²) in [5.74, 6) is -2.10. The molecule has 0 aromatic heterocycles. The van der Waals surface area contributed by atoms with E-state index in [0.29, 0.717) is 6.42 Å². The fourth-order valence-electron chi connectivity index (χ4n) is 2.02. The van der Waals surface area contributed by atoms with E-state index in [1.54, 1.807) is 27.2 Å². The van der Waals surface area contributed by atoms with Gasteiger partial charge in [-0.15, -0.1) is 0 Å². The first kappa shape index (κ1) is 19.3. The number of hydrogen-bond donors (Lipinski definition) is 3. The van der Waals surface area contributed by atoms with Crippen LogP contribution >= 0.6 is 0 Å². The predicted octanol–water partition coefficient (Wildman–Crippen LogP) is 1.27. The maximum atomic E-state index is 12.2. The Bertz CT molecular complexity index is 434. The largest absolute Gasteiger partial charge is 0.512 e. The van der Waals surface area contributed by atoms with E-state index in [0.717, 1.165) is 0 Å². The van der Waals surface area contributed by atoms with Crippen molar-refractivity contribution in [2.75, 3.05) is 27.7 Å². The molecule has 6 nitrogen and oxygen atoms in total. The summed E-state index contributed by atoms with van der Waals surface area (Å²) in [6.45, 7) is 1.79. The van der Waals surface area contributed by atoms with Gasteiger partial charge >= 0.3 is 5.97 Å². The van der Waals surface area contributed by atoms with E-state index in [2.05, 4.69) is 0 Å². The number of likely N-dealkylation sites (N-methyl/N-ethyl adjacent to an activating group) is 1. The highest BCUT2D eigenvalue weighted by Crippen LogP contribution is 2.19. The molecule has 0 amide bonds. The van der Waals surface area contributed by atoms with E-state index < -0.39 is 23.8 Å². The van der Waals surface area contributed by atoms with Crippen LogP contribution in [-0.4, -0.2) is 64.8 Å². The van der Waals surface area contributed by atoms with Crippen molar-refractivity contribution < 1.29 is 29.4 Å². The second-order valence-corrected chi connectivity index (χ2v) is 6.15. The van der Waals surface area contributed by atoms with Gasteiger partial charge in [0.15, 0.2) is 11.4 Å². The van der Waals surface area contributed by atoms with Crippen LogP contribution in [0.15, 0.2) is 24.0 Å². The first-order valence-corrected chi connectivity index (χ1v) is 6.77. The average molecular weight is 300 g/mol. The Morgan fingerprint density at radius 2 is 1.76 bits per heavy atom. The summed E-state index contributed by atoms with van der Waals surface area (Å²) in [7, 11) is 5.26. The normalized spacial score (nSPS) is 16.0. The van der Waals surface area contributed by atoms with E-state index >= 15 is 0 Å². The zero-order valence-corrected chi connectivity index (χ0v) is 13.2. The lowest BCUT2D eigenvalue weighted by Gasteiger charge is -2.33. The fourth-order valence-corrected chi connectivity index (χ4v) is 2.02. The SMILES string of the molecule is CC=CCC=C(O)CC(=O)C(O)(CC(=O)O)C[N+](C)(C)C. The molecule has 6 heteroatoms. The van der Waals surface area contributed by atoms with Gasteiger partial charge in [-0.3, -0.25) is 9.59 Å². The number of allylic oxidation sites excluding steroid dienone is 4. The van der Waals surface area contributed by atoms with Gasteiger partial charge in [0.1, 0.15) is 6.54 Å². The van der Waals surface area contributed by atoms with Crippen molar-refractivity contribution in [3.8, 4) is 0 Å². The van der Waals surface area contributed by atoms with Crippen LogP contribution in [0.1, 0.15) is 26.2 Å². The summed E-state index contributed by atoms with van der Waals surface area (Å²) in [5, 5.41) is 29.0. The van der Waals surface area contributed by atoms with Crippen LogP contribution in [-0.2, 0) is 9.59 Å². The second-order valence-electron chi connectivity index (χ2n) is 6.15. The standard InChI is InChI=1S/C15H25NO5/c1-5-6-7-8-12(17)9-13(18)15(21,10-14(19)20)11-16(2,3)4/h5-6,8,21H,7,9-11H2,1-4H3,(H-,17,19,20)/p+1. The Morgan fingerprint density at radius 3 is 2.19 bits per heavy atom. The first-order chi connectivity index (χ1) is 9.50. The van der Waals surface area contributed by atoms with Crippen LogP contribution < -0.4 is 0 Å². The van der Waals surface area contributed by atoms with Gasteiger partial charge < -0.3 is 19.8 Å². The highest BCUT2D eigenvalue weighted by atomic mass is 16.4. The van der Waals surface area contributed by atoms with Gasteiger partial charge in [-0.25, -0.2) is 0 Å². The lowest BCUT2D eigenvalue weighted by molar-refractivity contribution is -0.875. The average Bonchev–Trinajstić information content (AvgIpc) is 2.25. The van der Waals surface area contributed by atoms with Crippen molar-refractivity contribution in [3.63, 3.8) is 0 Å². The number of carbonyl (C=O) groups is 2. The van der Waals surface area contributed by atoms with Gasteiger partial charge in [-0.05, 0) is 19.4 Å². The molecule has 0 aliphatic heterocycles. The molecule has 0 fully saturated rings. The third-order valence-electron chi connectivity index (χ3n) is 2.77. The van der Waals surface area contributed by atoms with E-state index in [1.807, 2.05) is 13.0 Å². The Balaban J connectivity index is 5.04. The maximum absolute atomic E-state index is 12.2. The molecule has 0 aromatic rings. The number of aliphatic hydroxyl groups is 2. The van der Waals surface area contributed by atoms with Crippen LogP contribution in [0.3, 0.4) is 0 Å². The number of hydrogen-bond acceptors (Lipinski definition) is 4. The Labute approximate surface area is 125 Å². The van der Waals surface area contributed by atoms with Crippen molar-refractivity contribution in [2.45, 2.75) is 31.8 Å². The number of aliphatic carboxylic acids is 1. The summed E-state index contributed by atoms with van der Waals surface area (Å²) in [4.78, 5) is 23.1. The van der Waals surface area contributed by atoms with Crippen LogP contribution in [0, 0.1) is 0 Å². The zero-order chi connectivity index (χ0) is 16.7. The summed E-state index contributed by atoms with van der Waals surface area (Å²) >= 11 is 0. The molecule has 120 valence electrons. The van der Waals surface area contributed by atoms with Crippen LogP contribution in [0.2, 0.25) is 0 Å². The van der Waals surface area contributed by atoms with Gasteiger partial charge in [0.2, 0.25) is 0 Å². The molecule has 1 unspecified atom stereocenters. The van der Waals surface area contributed by atoms with Crippen molar-refractivity contribution in [1.82, 2.24) is 0 Å². The molecular formula is C15H26NO5+. The molecule has 0 rings (SSSR count). The van der Waals surface area contributed by atoms with Crippen LogP contribution in [0.25, 0.3) is 0 Å². The highest BCUT2D eigenvalue weighted by molar-refractivity contribution is 5.92. The monoisotopic (exact) mass is 300 g/mol. The molecule has 0 aliphatic rings. The number of rotatable bonds is 9. The predicted molar refractivity (Wildman–Crippen MR) is 79.9 cm³/mol. The molecule has 0 saturated heterocycles. The molecule has 0 saturated carbocycles. The number of carbonyl (C=O) groups excluding carboxylic acids is 1. The third kappa shape index (κ3) is 8.27. The molecule has 0 aromatic carbocycles. The van der Waals surface area contributed by atoms with Crippen molar-refractivity contribution in [1.29, 1.82) is 0 Å². The molecule has 0 spiro atoms. The molecular weight excluding hydrogens is 274 g/mol. The number of Topliss-reactive ketones (excluding diaryl/α,β-unsaturated/α-hetero) is 1. The number of carboxylic acids is 1. The third-order valence-corrected chi connectivity index (χ3v) is 2.77. The molecule has 1 atom stereocenters. The zero-order valence-electron chi connectivity index (χ0n) is 13.2. The summed E-state index contributed by atoms with van der Waals surface area (Å²) < 4.78 is 0.235. The number of aliphatic hydroxyl groups excluding tert-OH is 1. The van der Waals surface area contributed by atoms with Crippen molar-refractivity contribution in [3.05, 3.63) is 24.0 Å². The summed E-state index contributed by atoms with van der Waals surface area (Å²) in [6, 6.07) is 0. The van der Waals surface area contributed by atoms with Crippen molar-refractivity contribution in [2.24, 2.45) is 0 Å². The van der Waals surface area contributed by atoms with Crippen molar-refractivity contribution >= 4 is 11.8 Å². The van der Waals surface area contributed by atoms with E-state index in [4.69, 9.17) is 5.11 Å². The molecule has 0 aliphatic carbocycles. The number of quaternary nitrogens is 1. The summed E-state index contributed by atoms with van der Waals surface area (Å²) in [5.41, 5.74) is -1.99. The van der Waals surface area contributed by atoms with E-state index in [9.17, 15) is 19.8 Å².